The zero-order chi connectivity index (χ0) is 44.4. The van der Waals surface area contributed by atoms with Crippen LogP contribution in [0.1, 0.15) is 86.1 Å². The van der Waals surface area contributed by atoms with E-state index in [1.54, 1.807) is 0 Å². The standard InChI is InChI=1S/C64H50N2/c1-62(2,3)39-27-31-57-48(34-39)45-21-11-15-25-55(45)65(57)41-29-30-47-53(36-41)64(51-23-13-9-19-43(51)44-20-10-14-24-52(44)64)54-37-59(50-33-38-17-7-8-18-42(38)60(50)61(47)54)66-56-26-16-12-22-46(56)49-35-40(63(4,5)6)28-32-58(49)66/h7-32,34-37H,33H2,1-6H3. The van der Waals surface area contributed by atoms with Crippen LogP contribution in [-0.4, -0.2) is 9.13 Å². The average molecular weight is 847 g/mol. The maximum absolute atomic E-state index is 2.64. The van der Waals surface area contributed by atoms with Crippen LogP contribution in [0.5, 0.6) is 0 Å². The SMILES string of the molecule is CC(C)(C)c1ccc2c(c1)c1ccccc1n2-c1ccc2c(c1)C1(c3ccccc3-c3ccccc31)c1cc(-n3c4ccccc4c4cc(C(C)(C)C)ccc43)c3c(c1-2)-c1ccccc1C3. The third kappa shape index (κ3) is 4.81. The lowest BCUT2D eigenvalue weighted by Gasteiger charge is -2.31. The van der Waals surface area contributed by atoms with Gasteiger partial charge in [-0.15, -0.1) is 0 Å². The van der Waals surface area contributed by atoms with Crippen LogP contribution in [0.25, 0.3) is 88.4 Å². The fraction of sp³-hybridized carbons (Fsp3) is 0.156. The summed E-state index contributed by atoms with van der Waals surface area (Å²) in [5.41, 5.74) is 25.9. The lowest BCUT2D eigenvalue weighted by Crippen LogP contribution is -2.26. The van der Waals surface area contributed by atoms with Crippen molar-refractivity contribution in [2.24, 2.45) is 0 Å². The van der Waals surface area contributed by atoms with E-state index >= 15 is 0 Å². The predicted octanol–water partition coefficient (Wildman–Crippen LogP) is 16.4. The maximum Gasteiger partial charge on any atom is 0.0727 e. The van der Waals surface area contributed by atoms with Crippen molar-refractivity contribution in [1.29, 1.82) is 0 Å². The van der Waals surface area contributed by atoms with E-state index in [-0.39, 0.29) is 10.8 Å². The smallest absolute Gasteiger partial charge is 0.0727 e. The summed E-state index contributed by atoms with van der Waals surface area (Å²) in [7, 11) is 0. The Morgan fingerprint density at radius 2 is 0.894 bits per heavy atom. The highest BCUT2D eigenvalue weighted by atomic mass is 15.0. The number of benzene rings is 9. The first-order valence-electron chi connectivity index (χ1n) is 23.7. The van der Waals surface area contributed by atoms with Gasteiger partial charge in [0.25, 0.3) is 0 Å². The Labute approximate surface area is 386 Å². The van der Waals surface area contributed by atoms with Gasteiger partial charge in [-0.1, -0.05) is 169 Å². The van der Waals surface area contributed by atoms with Crippen molar-refractivity contribution >= 4 is 43.6 Å². The molecule has 0 N–H and O–H groups in total. The maximum atomic E-state index is 2.64. The number of para-hydroxylation sites is 2. The number of rotatable bonds is 2. The molecule has 11 aromatic rings. The van der Waals surface area contributed by atoms with Gasteiger partial charge in [-0.3, -0.25) is 0 Å². The fourth-order valence-electron chi connectivity index (χ4n) is 12.6. The molecule has 0 atom stereocenters. The van der Waals surface area contributed by atoms with E-state index in [9.17, 15) is 0 Å². The molecule has 0 radical (unpaired) electrons. The molecule has 2 heteroatoms. The van der Waals surface area contributed by atoms with Crippen LogP contribution in [0.2, 0.25) is 0 Å². The van der Waals surface area contributed by atoms with Gasteiger partial charge in [0.1, 0.15) is 0 Å². The van der Waals surface area contributed by atoms with Gasteiger partial charge in [0.2, 0.25) is 0 Å². The molecule has 9 aromatic carbocycles. The average Bonchev–Trinajstić information content (AvgIpc) is 4.11. The summed E-state index contributed by atoms with van der Waals surface area (Å²) in [6.07, 6.45) is 0.883. The molecular weight excluding hydrogens is 797 g/mol. The summed E-state index contributed by atoms with van der Waals surface area (Å²) in [6.45, 7) is 13.9. The lowest BCUT2D eigenvalue weighted by molar-refractivity contribution is 0.591. The highest BCUT2D eigenvalue weighted by Gasteiger charge is 2.53. The van der Waals surface area contributed by atoms with Crippen LogP contribution in [0.3, 0.4) is 0 Å². The monoisotopic (exact) mass is 846 g/mol. The molecule has 1 spiro atoms. The van der Waals surface area contributed by atoms with Crippen molar-refractivity contribution in [3.63, 3.8) is 0 Å². The van der Waals surface area contributed by atoms with Crippen LogP contribution in [0.4, 0.5) is 0 Å². The zero-order valence-corrected chi connectivity index (χ0v) is 38.4. The highest BCUT2D eigenvalue weighted by molar-refractivity contribution is 6.12. The summed E-state index contributed by atoms with van der Waals surface area (Å²) in [4.78, 5) is 0. The Balaban J connectivity index is 1.13. The Kier molecular flexibility index (Phi) is 7.40. The van der Waals surface area contributed by atoms with E-state index < -0.39 is 5.41 Å². The first-order chi connectivity index (χ1) is 32.0. The number of hydrogen-bond donors (Lipinski definition) is 0. The highest BCUT2D eigenvalue weighted by Crippen LogP contribution is 2.66. The van der Waals surface area contributed by atoms with Crippen LogP contribution in [-0.2, 0) is 22.7 Å². The van der Waals surface area contributed by atoms with Gasteiger partial charge < -0.3 is 9.13 Å². The van der Waals surface area contributed by atoms with E-state index in [0.717, 1.165) is 6.42 Å². The van der Waals surface area contributed by atoms with E-state index in [1.165, 1.54) is 133 Å². The molecule has 0 fully saturated rings. The molecule has 14 rings (SSSR count). The molecule has 3 aliphatic rings. The van der Waals surface area contributed by atoms with Crippen molar-refractivity contribution in [3.05, 3.63) is 226 Å². The molecular formula is C64H50N2. The lowest BCUT2D eigenvalue weighted by atomic mass is 9.70. The van der Waals surface area contributed by atoms with Crippen molar-refractivity contribution < 1.29 is 0 Å². The van der Waals surface area contributed by atoms with Gasteiger partial charge in [-0.2, -0.15) is 0 Å². The molecule has 2 heterocycles. The number of aromatic nitrogens is 2. The third-order valence-electron chi connectivity index (χ3n) is 15.7. The van der Waals surface area contributed by atoms with Gasteiger partial charge in [-0.05, 0) is 143 Å². The van der Waals surface area contributed by atoms with Gasteiger partial charge >= 0.3 is 0 Å². The molecule has 2 nitrogen and oxygen atoms in total. The summed E-state index contributed by atoms with van der Waals surface area (Å²) in [5.74, 6) is 0. The molecule has 0 amide bonds. The topological polar surface area (TPSA) is 9.86 Å². The Morgan fingerprint density at radius 1 is 0.379 bits per heavy atom. The number of nitrogens with zero attached hydrogens (tertiary/aromatic N) is 2. The van der Waals surface area contributed by atoms with Crippen LogP contribution < -0.4 is 0 Å². The van der Waals surface area contributed by atoms with Crippen molar-refractivity contribution in [1.82, 2.24) is 9.13 Å². The number of fused-ring (bicyclic) bond motifs is 20. The van der Waals surface area contributed by atoms with Crippen molar-refractivity contribution in [3.8, 4) is 44.8 Å². The van der Waals surface area contributed by atoms with E-state index in [1.807, 2.05) is 0 Å². The zero-order valence-electron chi connectivity index (χ0n) is 38.4. The number of hydrogen-bond acceptors (Lipinski definition) is 0. The fourth-order valence-corrected chi connectivity index (χ4v) is 12.6. The molecule has 0 bridgehead atoms. The van der Waals surface area contributed by atoms with Gasteiger partial charge in [0.15, 0.2) is 0 Å². The first-order valence-corrected chi connectivity index (χ1v) is 23.7. The minimum absolute atomic E-state index is 0.0305. The van der Waals surface area contributed by atoms with Crippen molar-refractivity contribution in [2.45, 2.75) is 64.2 Å². The quantitative estimate of drug-likeness (QED) is 0.164. The van der Waals surface area contributed by atoms with Crippen LogP contribution >= 0.6 is 0 Å². The van der Waals surface area contributed by atoms with Gasteiger partial charge in [0.05, 0.1) is 33.2 Å². The second-order valence-corrected chi connectivity index (χ2v) is 21.2. The second-order valence-electron chi connectivity index (χ2n) is 21.2. The molecule has 0 unspecified atom stereocenters. The Hall–Kier alpha value is -7.42. The van der Waals surface area contributed by atoms with Gasteiger partial charge in [-0.25, -0.2) is 0 Å². The summed E-state index contributed by atoms with van der Waals surface area (Å²) in [6, 6.07) is 70.2. The van der Waals surface area contributed by atoms with Crippen molar-refractivity contribution in [2.75, 3.05) is 0 Å². The minimum Gasteiger partial charge on any atom is -0.309 e. The Bertz CT molecular complexity index is 3880. The molecule has 316 valence electrons. The third-order valence-corrected chi connectivity index (χ3v) is 15.7. The van der Waals surface area contributed by atoms with Crippen LogP contribution in [0, 0.1) is 0 Å². The molecule has 2 aromatic heterocycles. The molecule has 0 saturated heterocycles. The second kappa shape index (κ2) is 12.9. The predicted molar refractivity (Wildman–Crippen MR) is 277 cm³/mol. The molecule has 0 saturated carbocycles. The summed E-state index contributed by atoms with van der Waals surface area (Å²) in [5, 5.41) is 5.19. The summed E-state index contributed by atoms with van der Waals surface area (Å²) < 4.78 is 5.14. The normalized spacial score (nSPS) is 14.3. The minimum atomic E-state index is -0.564. The molecule has 0 aliphatic heterocycles. The first kappa shape index (κ1) is 37.9. The summed E-state index contributed by atoms with van der Waals surface area (Å²) >= 11 is 0. The largest absolute Gasteiger partial charge is 0.309 e. The van der Waals surface area contributed by atoms with E-state index in [4.69, 9.17) is 0 Å². The Morgan fingerprint density at radius 3 is 1.52 bits per heavy atom. The van der Waals surface area contributed by atoms with Crippen LogP contribution in [0.15, 0.2) is 182 Å². The van der Waals surface area contributed by atoms with E-state index in [2.05, 4.69) is 233 Å². The molecule has 66 heavy (non-hydrogen) atoms. The van der Waals surface area contributed by atoms with E-state index in [0.29, 0.717) is 0 Å². The van der Waals surface area contributed by atoms with Gasteiger partial charge in [0, 0.05) is 33.7 Å². The molecule has 3 aliphatic carbocycles.